The van der Waals surface area contributed by atoms with Gasteiger partial charge in [0.2, 0.25) is 10.0 Å². The largest absolute Gasteiger partial charge is 0.476 e. The Balaban J connectivity index is 1.86. The first-order chi connectivity index (χ1) is 14.2. The van der Waals surface area contributed by atoms with Gasteiger partial charge in [-0.05, 0) is 36.8 Å². The van der Waals surface area contributed by atoms with Crippen LogP contribution < -0.4 is 19.7 Å². The normalized spacial score (nSPS) is 15.5. The van der Waals surface area contributed by atoms with Gasteiger partial charge in [-0.3, -0.25) is 13.9 Å². The van der Waals surface area contributed by atoms with E-state index in [4.69, 9.17) is 4.74 Å². The Labute approximate surface area is 175 Å². The van der Waals surface area contributed by atoms with Crippen molar-refractivity contribution in [3.05, 3.63) is 66.2 Å². The van der Waals surface area contributed by atoms with E-state index in [1.165, 1.54) is 0 Å². The average molecular weight is 429 g/mol. The standard InChI is InChI=1S/C21H23N3O5S/c1-4-11-22-20(25)15-7-5-6-8-16(15)23-21(26)19-13-24(30(3,27)28)17-12-14(2)9-10-18(17)29-19/h4-10,12,19H,1,11,13H2,2-3H3,(H,22,25)(H,23,26). The first-order valence-corrected chi connectivity index (χ1v) is 11.1. The lowest BCUT2D eigenvalue weighted by Gasteiger charge is -2.34. The zero-order valence-corrected chi connectivity index (χ0v) is 17.5. The maximum Gasteiger partial charge on any atom is 0.267 e. The van der Waals surface area contributed by atoms with Gasteiger partial charge in [-0.25, -0.2) is 8.42 Å². The van der Waals surface area contributed by atoms with Crippen molar-refractivity contribution in [2.75, 3.05) is 29.0 Å². The molecule has 0 aromatic heterocycles. The highest BCUT2D eigenvalue weighted by Gasteiger charge is 2.35. The number of anilines is 2. The smallest absolute Gasteiger partial charge is 0.267 e. The lowest BCUT2D eigenvalue weighted by Crippen LogP contribution is -2.48. The molecule has 0 bridgehead atoms. The summed E-state index contributed by atoms with van der Waals surface area (Å²) in [6.45, 7) is 5.50. The summed E-state index contributed by atoms with van der Waals surface area (Å²) >= 11 is 0. The molecule has 1 unspecified atom stereocenters. The van der Waals surface area contributed by atoms with Crippen LogP contribution in [-0.2, 0) is 14.8 Å². The molecule has 2 N–H and O–H groups in total. The highest BCUT2D eigenvalue weighted by molar-refractivity contribution is 7.92. The molecule has 3 rings (SSSR count). The van der Waals surface area contributed by atoms with E-state index in [9.17, 15) is 18.0 Å². The second-order valence-electron chi connectivity index (χ2n) is 6.91. The number of carbonyl (C=O) groups is 2. The predicted octanol–water partition coefficient (Wildman–Crippen LogP) is 2.08. The minimum Gasteiger partial charge on any atom is -0.476 e. The molecule has 2 aromatic rings. The lowest BCUT2D eigenvalue weighted by molar-refractivity contribution is -0.122. The van der Waals surface area contributed by atoms with Crippen molar-refractivity contribution in [3.63, 3.8) is 0 Å². The molecule has 9 heteroatoms. The van der Waals surface area contributed by atoms with Gasteiger partial charge in [0, 0.05) is 6.54 Å². The summed E-state index contributed by atoms with van der Waals surface area (Å²) in [5, 5.41) is 5.34. The molecule has 1 aliphatic heterocycles. The molecule has 158 valence electrons. The van der Waals surface area contributed by atoms with Crippen molar-refractivity contribution in [2.45, 2.75) is 13.0 Å². The molecule has 0 aliphatic carbocycles. The number of nitrogens with one attached hydrogen (secondary N) is 2. The van der Waals surface area contributed by atoms with Crippen molar-refractivity contribution in [1.82, 2.24) is 5.32 Å². The number of hydrogen-bond acceptors (Lipinski definition) is 5. The fourth-order valence-electron chi connectivity index (χ4n) is 3.08. The quantitative estimate of drug-likeness (QED) is 0.684. The molecule has 30 heavy (non-hydrogen) atoms. The van der Waals surface area contributed by atoms with Gasteiger partial charge in [-0.1, -0.05) is 24.3 Å². The lowest BCUT2D eigenvalue weighted by atomic mass is 10.1. The molecule has 1 heterocycles. The molecule has 0 radical (unpaired) electrons. The van der Waals surface area contributed by atoms with E-state index >= 15 is 0 Å². The molecule has 2 aromatic carbocycles. The molecule has 0 saturated carbocycles. The summed E-state index contributed by atoms with van der Waals surface area (Å²) in [6.07, 6.45) is 1.55. The van der Waals surface area contributed by atoms with Gasteiger partial charge in [-0.2, -0.15) is 0 Å². The van der Waals surface area contributed by atoms with Crippen molar-refractivity contribution in [2.24, 2.45) is 0 Å². The van der Waals surface area contributed by atoms with E-state index < -0.39 is 22.0 Å². The van der Waals surface area contributed by atoms with Crippen LogP contribution >= 0.6 is 0 Å². The number of fused-ring (bicyclic) bond motifs is 1. The van der Waals surface area contributed by atoms with Crippen LogP contribution in [0.3, 0.4) is 0 Å². The van der Waals surface area contributed by atoms with E-state index in [1.807, 2.05) is 6.92 Å². The molecular formula is C21H23N3O5S. The van der Waals surface area contributed by atoms with Crippen molar-refractivity contribution in [3.8, 4) is 5.75 Å². The van der Waals surface area contributed by atoms with E-state index in [0.717, 1.165) is 16.1 Å². The molecule has 8 nitrogen and oxygen atoms in total. The Bertz CT molecular complexity index is 1100. The number of benzene rings is 2. The van der Waals surface area contributed by atoms with E-state index in [1.54, 1.807) is 48.5 Å². The van der Waals surface area contributed by atoms with Crippen LogP contribution in [0.15, 0.2) is 55.1 Å². The number of ether oxygens (including phenoxy) is 1. The molecule has 0 fully saturated rings. The van der Waals surface area contributed by atoms with Gasteiger partial charge in [-0.15, -0.1) is 6.58 Å². The minimum absolute atomic E-state index is 0.175. The second kappa shape index (κ2) is 8.58. The van der Waals surface area contributed by atoms with Crippen LogP contribution in [0.4, 0.5) is 11.4 Å². The SMILES string of the molecule is C=CCNC(=O)c1ccccc1NC(=O)C1CN(S(C)(=O)=O)c2cc(C)ccc2O1. The summed E-state index contributed by atoms with van der Waals surface area (Å²) in [4.78, 5) is 25.2. The molecular weight excluding hydrogens is 406 g/mol. The highest BCUT2D eigenvalue weighted by atomic mass is 32.2. The minimum atomic E-state index is -3.63. The van der Waals surface area contributed by atoms with Crippen molar-refractivity contribution in [1.29, 1.82) is 0 Å². The van der Waals surface area contributed by atoms with E-state index in [0.29, 0.717) is 17.1 Å². The highest BCUT2D eigenvalue weighted by Crippen LogP contribution is 2.36. The number of hydrogen-bond donors (Lipinski definition) is 2. The number of rotatable bonds is 6. The Morgan fingerprint density at radius 3 is 2.70 bits per heavy atom. The predicted molar refractivity (Wildman–Crippen MR) is 115 cm³/mol. The van der Waals surface area contributed by atoms with Crippen LogP contribution in [0.5, 0.6) is 5.75 Å². The van der Waals surface area contributed by atoms with E-state index in [2.05, 4.69) is 17.2 Å². The number of sulfonamides is 1. The van der Waals surface area contributed by atoms with Crippen LogP contribution in [0.1, 0.15) is 15.9 Å². The van der Waals surface area contributed by atoms with Gasteiger partial charge in [0.1, 0.15) is 5.75 Å². The summed E-state index contributed by atoms with van der Waals surface area (Å²) < 4.78 is 31.6. The number of nitrogens with zero attached hydrogens (tertiary/aromatic N) is 1. The van der Waals surface area contributed by atoms with Crippen molar-refractivity contribution >= 4 is 33.2 Å². The molecule has 1 atom stereocenters. The van der Waals surface area contributed by atoms with Crippen LogP contribution in [0.2, 0.25) is 0 Å². The van der Waals surface area contributed by atoms with Gasteiger partial charge in [0.05, 0.1) is 29.7 Å². The summed E-state index contributed by atoms with van der Waals surface area (Å²) in [7, 11) is -3.63. The Morgan fingerprint density at radius 1 is 1.27 bits per heavy atom. The third-order valence-corrected chi connectivity index (χ3v) is 5.66. The Hall–Kier alpha value is -3.33. The summed E-state index contributed by atoms with van der Waals surface area (Å²) in [5.74, 6) is -0.623. The number of amides is 2. The Morgan fingerprint density at radius 2 is 2.00 bits per heavy atom. The molecule has 2 amide bonds. The van der Waals surface area contributed by atoms with Gasteiger partial charge in [0.15, 0.2) is 6.10 Å². The summed E-state index contributed by atoms with van der Waals surface area (Å²) in [5.41, 5.74) is 1.84. The number of aryl methyl sites for hydroxylation is 1. The number of carbonyl (C=O) groups excluding carboxylic acids is 2. The zero-order valence-electron chi connectivity index (χ0n) is 16.7. The molecule has 0 spiro atoms. The fourth-order valence-corrected chi connectivity index (χ4v) is 3.98. The topological polar surface area (TPSA) is 105 Å². The molecule has 0 saturated heterocycles. The zero-order chi connectivity index (χ0) is 21.9. The maximum atomic E-state index is 12.9. The van der Waals surface area contributed by atoms with Gasteiger partial charge >= 0.3 is 0 Å². The maximum absolute atomic E-state index is 12.9. The van der Waals surface area contributed by atoms with Crippen LogP contribution in [0, 0.1) is 6.92 Å². The van der Waals surface area contributed by atoms with Crippen LogP contribution in [-0.4, -0.2) is 45.7 Å². The third kappa shape index (κ3) is 4.62. The van der Waals surface area contributed by atoms with Gasteiger partial charge in [0.25, 0.3) is 11.8 Å². The third-order valence-electron chi connectivity index (χ3n) is 4.51. The fraction of sp³-hybridized carbons (Fsp3) is 0.238. The van der Waals surface area contributed by atoms with Gasteiger partial charge < -0.3 is 15.4 Å². The average Bonchev–Trinajstić information content (AvgIpc) is 2.70. The van der Waals surface area contributed by atoms with E-state index in [-0.39, 0.29) is 24.6 Å². The monoisotopic (exact) mass is 429 g/mol. The first kappa shape index (κ1) is 21.4. The van der Waals surface area contributed by atoms with Crippen molar-refractivity contribution < 1.29 is 22.7 Å². The molecule has 1 aliphatic rings. The number of para-hydroxylation sites is 1. The Kier molecular flexibility index (Phi) is 6.12. The van der Waals surface area contributed by atoms with Crippen LogP contribution in [0.25, 0.3) is 0 Å². The first-order valence-electron chi connectivity index (χ1n) is 9.24. The summed E-state index contributed by atoms with van der Waals surface area (Å²) in [6, 6.07) is 11.6. The second-order valence-corrected chi connectivity index (χ2v) is 8.81.